The van der Waals surface area contributed by atoms with Gasteiger partial charge in [0, 0.05) is 22.8 Å². The van der Waals surface area contributed by atoms with E-state index in [9.17, 15) is 4.21 Å². The average molecular weight is 216 g/mol. The van der Waals surface area contributed by atoms with Gasteiger partial charge in [-0.05, 0) is 12.8 Å². The summed E-state index contributed by atoms with van der Waals surface area (Å²) in [7, 11) is -0.664. The summed E-state index contributed by atoms with van der Waals surface area (Å²) in [5, 5.41) is 0. The third kappa shape index (κ3) is 11.9. The maximum atomic E-state index is 10.7. The first-order valence-corrected chi connectivity index (χ1v) is 7.45. The molecule has 0 rings (SSSR count). The molecule has 2 heteroatoms. The molecule has 0 aliphatic rings. The molecule has 0 aromatic heterocycles. The molecule has 0 aromatic carbocycles. The van der Waals surface area contributed by atoms with Crippen molar-refractivity contribution in [2.45, 2.75) is 51.9 Å². The molecular formula is C12H24OS. The maximum Gasteiger partial charge on any atom is 0.0412 e. The summed E-state index contributed by atoms with van der Waals surface area (Å²) < 4.78 is 10.7. The van der Waals surface area contributed by atoms with Crippen molar-refractivity contribution < 1.29 is 4.21 Å². The quantitative estimate of drug-likeness (QED) is 0.424. The molecular weight excluding hydrogens is 192 g/mol. The number of allylic oxidation sites excluding steroid dienone is 1. The summed E-state index contributed by atoms with van der Waals surface area (Å²) in [6.45, 7) is 2.24. The first-order valence-electron chi connectivity index (χ1n) is 5.72. The molecule has 0 bridgehead atoms. The Kier molecular flexibility index (Phi) is 10.9. The third-order valence-corrected chi connectivity index (χ3v) is 2.88. The van der Waals surface area contributed by atoms with Gasteiger partial charge in [0.2, 0.25) is 0 Å². The van der Waals surface area contributed by atoms with Gasteiger partial charge in [-0.1, -0.05) is 51.2 Å². The summed E-state index contributed by atoms with van der Waals surface area (Å²) >= 11 is 0. The summed E-state index contributed by atoms with van der Waals surface area (Å²) in [5.74, 6) is 0.718. The molecule has 0 saturated heterocycles. The van der Waals surface area contributed by atoms with Gasteiger partial charge in [-0.2, -0.15) is 0 Å². The van der Waals surface area contributed by atoms with Gasteiger partial charge in [-0.3, -0.25) is 4.21 Å². The van der Waals surface area contributed by atoms with Crippen molar-refractivity contribution in [3.05, 3.63) is 12.2 Å². The van der Waals surface area contributed by atoms with Crippen LogP contribution in [0.4, 0.5) is 0 Å². The van der Waals surface area contributed by atoms with Crippen molar-refractivity contribution in [2.24, 2.45) is 0 Å². The molecule has 0 radical (unpaired) electrons. The molecule has 1 atom stereocenters. The van der Waals surface area contributed by atoms with Crippen LogP contribution in [0.2, 0.25) is 0 Å². The lowest BCUT2D eigenvalue weighted by Crippen LogP contribution is -1.87. The first kappa shape index (κ1) is 13.9. The molecule has 0 aliphatic heterocycles. The van der Waals surface area contributed by atoms with Crippen LogP contribution in [0, 0.1) is 0 Å². The van der Waals surface area contributed by atoms with Crippen molar-refractivity contribution in [1.82, 2.24) is 0 Å². The monoisotopic (exact) mass is 216 g/mol. The Hall–Kier alpha value is -0.110. The molecule has 84 valence electrons. The van der Waals surface area contributed by atoms with E-state index >= 15 is 0 Å². The largest absolute Gasteiger partial charge is 0.260 e. The van der Waals surface area contributed by atoms with Crippen LogP contribution in [-0.4, -0.2) is 16.2 Å². The lowest BCUT2D eigenvalue weighted by atomic mass is 10.1. The van der Waals surface area contributed by atoms with Crippen LogP contribution in [0.3, 0.4) is 0 Å². The standard InChI is InChI=1S/C12H24OS/c1-3-4-5-6-7-8-9-10-11-12-14(2)13/h10-11H,3-9,12H2,1-2H3/b11-10+. The zero-order valence-electron chi connectivity index (χ0n) is 9.63. The highest BCUT2D eigenvalue weighted by molar-refractivity contribution is 7.84. The van der Waals surface area contributed by atoms with Gasteiger partial charge in [0.25, 0.3) is 0 Å². The molecule has 14 heavy (non-hydrogen) atoms. The minimum atomic E-state index is -0.664. The number of unbranched alkanes of at least 4 members (excludes halogenated alkanes) is 6. The molecule has 1 unspecified atom stereocenters. The van der Waals surface area contributed by atoms with E-state index in [-0.39, 0.29) is 0 Å². The van der Waals surface area contributed by atoms with E-state index in [0.717, 1.165) is 12.2 Å². The van der Waals surface area contributed by atoms with Gasteiger partial charge in [-0.15, -0.1) is 0 Å². The highest BCUT2D eigenvalue weighted by atomic mass is 32.2. The minimum absolute atomic E-state index is 0.664. The Labute approximate surface area is 91.4 Å². The van der Waals surface area contributed by atoms with E-state index in [0.29, 0.717) is 0 Å². The highest BCUT2D eigenvalue weighted by Crippen LogP contribution is 2.06. The lowest BCUT2D eigenvalue weighted by molar-refractivity contribution is 0.611. The maximum absolute atomic E-state index is 10.7. The van der Waals surface area contributed by atoms with Crippen LogP contribution < -0.4 is 0 Å². The SMILES string of the molecule is CCCCCCCC/C=C/CS(C)=O. The topological polar surface area (TPSA) is 17.1 Å². The molecule has 0 spiro atoms. The van der Waals surface area contributed by atoms with E-state index in [1.54, 1.807) is 6.26 Å². The zero-order valence-corrected chi connectivity index (χ0v) is 10.4. The Morgan fingerprint density at radius 1 is 1.00 bits per heavy atom. The molecule has 0 aliphatic carbocycles. The fourth-order valence-electron chi connectivity index (χ4n) is 1.36. The first-order chi connectivity index (χ1) is 6.77. The van der Waals surface area contributed by atoms with Gasteiger partial charge in [0.1, 0.15) is 0 Å². The van der Waals surface area contributed by atoms with E-state index < -0.39 is 10.8 Å². The number of hydrogen-bond donors (Lipinski definition) is 0. The molecule has 0 aromatic rings. The number of rotatable bonds is 9. The second kappa shape index (κ2) is 11.0. The molecule has 0 N–H and O–H groups in total. The van der Waals surface area contributed by atoms with Gasteiger partial charge < -0.3 is 0 Å². The average Bonchev–Trinajstić information content (AvgIpc) is 2.15. The van der Waals surface area contributed by atoms with Crippen LogP contribution in [0.5, 0.6) is 0 Å². The van der Waals surface area contributed by atoms with Crippen LogP contribution >= 0.6 is 0 Å². The van der Waals surface area contributed by atoms with Crippen molar-refractivity contribution in [3.8, 4) is 0 Å². The fourth-order valence-corrected chi connectivity index (χ4v) is 1.77. The third-order valence-electron chi connectivity index (χ3n) is 2.22. The molecule has 0 heterocycles. The van der Waals surface area contributed by atoms with Crippen molar-refractivity contribution >= 4 is 10.8 Å². The Balaban J connectivity index is 3.05. The summed E-state index contributed by atoms with van der Waals surface area (Å²) in [6.07, 6.45) is 15.2. The van der Waals surface area contributed by atoms with Crippen molar-refractivity contribution in [1.29, 1.82) is 0 Å². The second-order valence-electron chi connectivity index (χ2n) is 3.77. The Morgan fingerprint density at radius 3 is 2.29 bits per heavy atom. The molecule has 0 fully saturated rings. The fraction of sp³-hybridized carbons (Fsp3) is 0.833. The lowest BCUT2D eigenvalue weighted by Gasteiger charge is -1.97. The summed E-state index contributed by atoms with van der Waals surface area (Å²) in [4.78, 5) is 0. The normalized spacial score (nSPS) is 13.6. The summed E-state index contributed by atoms with van der Waals surface area (Å²) in [6, 6.07) is 0. The van der Waals surface area contributed by atoms with Gasteiger partial charge in [0.15, 0.2) is 0 Å². The van der Waals surface area contributed by atoms with Crippen LogP contribution in [0.15, 0.2) is 12.2 Å². The van der Waals surface area contributed by atoms with Crippen LogP contribution in [0.25, 0.3) is 0 Å². The van der Waals surface area contributed by atoms with Gasteiger partial charge in [-0.25, -0.2) is 0 Å². The zero-order chi connectivity index (χ0) is 10.6. The minimum Gasteiger partial charge on any atom is -0.260 e. The van der Waals surface area contributed by atoms with E-state index in [1.165, 1.54) is 38.5 Å². The predicted molar refractivity (Wildman–Crippen MR) is 66.1 cm³/mol. The molecule has 1 nitrogen and oxygen atoms in total. The second-order valence-corrected chi connectivity index (χ2v) is 5.25. The molecule has 0 amide bonds. The van der Waals surface area contributed by atoms with E-state index in [2.05, 4.69) is 13.0 Å². The van der Waals surface area contributed by atoms with Crippen LogP contribution in [-0.2, 0) is 10.8 Å². The number of hydrogen-bond acceptors (Lipinski definition) is 1. The Bertz CT molecular complexity index is 164. The van der Waals surface area contributed by atoms with Crippen molar-refractivity contribution in [2.75, 3.05) is 12.0 Å². The van der Waals surface area contributed by atoms with E-state index in [1.807, 2.05) is 6.08 Å². The smallest absolute Gasteiger partial charge is 0.0412 e. The van der Waals surface area contributed by atoms with Crippen molar-refractivity contribution in [3.63, 3.8) is 0 Å². The van der Waals surface area contributed by atoms with Gasteiger partial charge in [0.05, 0.1) is 0 Å². The van der Waals surface area contributed by atoms with Crippen LogP contribution in [0.1, 0.15) is 51.9 Å². The predicted octanol–water partition coefficient (Wildman–Crippen LogP) is 3.67. The van der Waals surface area contributed by atoms with Gasteiger partial charge >= 0.3 is 0 Å². The Morgan fingerprint density at radius 2 is 1.64 bits per heavy atom. The molecule has 0 saturated carbocycles. The summed E-state index contributed by atoms with van der Waals surface area (Å²) in [5.41, 5.74) is 0. The van der Waals surface area contributed by atoms with E-state index in [4.69, 9.17) is 0 Å². The highest BCUT2D eigenvalue weighted by Gasteiger charge is 1.88.